The van der Waals surface area contributed by atoms with Gasteiger partial charge in [0, 0.05) is 16.6 Å². The van der Waals surface area contributed by atoms with Crippen molar-refractivity contribution < 1.29 is 23.1 Å². The lowest BCUT2D eigenvalue weighted by Gasteiger charge is -2.06. The Kier molecular flexibility index (Phi) is 2.80. The van der Waals surface area contributed by atoms with Gasteiger partial charge < -0.3 is 10.1 Å². The molecular weight excluding hydrogens is 247 g/mol. The number of carboxylic acids is 1. The minimum atomic E-state index is -4.43. The van der Waals surface area contributed by atoms with Crippen LogP contribution in [-0.4, -0.2) is 16.1 Å². The maximum atomic E-state index is 12.6. The number of H-pyrrole nitrogens is 1. The van der Waals surface area contributed by atoms with E-state index in [-0.39, 0.29) is 6.42 Å². The van der Waals surface area contributed by atoms with Gasteiger partial charge in [0.2, 0.25) is 0 Å². The smallest absolute Gasteiger partial charge is 0.416 e. The third-order valence-electron chi connectivity index (χ3n) is 2.77. The van der Waals surface area contributed by atoms with Crippen LogP contribution in [0.3, 0.4) is 0 Å². The summed E-state index contributed by atoms with van der Waals surface area (Å²) in [5, 5.41) is 9.07. The molecule has 0 atom stereocenters. The quantitative estimate of drug-likeness (QED) is 0.868. The highest BCUT2D eigenvalue weighted by Gasteiger charge is 2.31. The molecule has 2 rings (SSSR count). The van der Waals surface area contributed by atoms with Crippen LogP contribution in [0.5, 0.6) is 0 Å². The number of alkyl halides is 3. The molecular formula is C12H10F3NO2. The Morgan fingerprint density at radius 2 is 2.06 bits per heavy atom. The third kappa shape index (κ3) is 2.18. The predicted octanol–water partition coefficient (Wildman–Crippen LogP) is 3.12. The first-order valence-electron chi connectivity index (χ1n) is 5.19. The number of aromatic amines is 1. The van der Waals surface area contributed by atoms with Crippen LogP contribution in [0.1, 0.15) is 16.8 Å². The lowest BCUT2D eigenvalue weighted by atomic mass is 10.1. The SMILES string of the molecule is Cc1[nH]c2ccc(C(F)(F)F)cc2c1CC(=O)O. The third-order valence-corrected chi connectivity index (χ3v) is 2.77. The van der Waals surface area contributed by atoms with Crippen molar-refractivity contribution in [2.75, 3.05) is 0 Å². The van der Waals surface area contributed by atoms with E-state index in [2.05, 4.69) is 4.98 Å². The molecule has 0 radical (unpaired) electrons. The van der Waals surface area contributed by atoms with E-state index in [1.807, 2.05) is 0 Å². The molecule has 1 aromatic heterocycles. The second kappa shape index (κ2) is 4.04. The Balaban J connectivity index is 2.63. The number of fused-ring (bicyclic) bond motifs is 1. The first-order valence-corrected chi connectivity index (χ1v) is 5.19. The number of aromatic nitrogens is 1. The molecule has 0 fully saturated rings. The van der Waals surface area contributed by atoms with Crippen LogP contribution in [0.25, 0.3) is 10.9 Å². The van der Waals surface area contributed by atoms with E-state index in [1.165, 1.54) is 6.07 Å². The number of rotatable bonds is 2. The van der Waals surface area contributed by atoms with Gasteiger partial charge in [-0.25, -0.2) is 0 Å². The van der Waals surface area contributed by atoms with E-state index in [9.17, 15) is 18.0 Å². The van der Waals surface area contributed by atoms with Crippen LogP contribution in [-0.2, 0) is 17.4 Å². The average molecular weight is 257 g/mol. The van der Waals surface area contributed by atoms with Crippen LogP contribution in [0, 0.1) is 6.92 Å². The second-order valence-corrected chi connectivity index (χ2v) is 4.06. The number of aliphatic carboxylic acids is 1. The molecule has 2 aromatic rings. The second-order valence-electron chi connectivity index (χ2n) is 4.06. The highest BCUT2D eigenvalue weighted by atomic mass is 19.4. The molecule has 0 saturated carbocycles. The van der Waals surface area contributed by atoms with Crippen molar-refractivity contribution in [2.24, 2.45) is 0 Å². The van der Waals surface area contributed by atoms with Crippen molar-refractivity contribution in [3.8, 4) is 0 Å². The molecule has 6 heteroatoms. The summed E-state index contributed by atoms with van der Waals surface area (Å²) < 4.78 is 37.8. The van der Waals surface area contributed by atoms with Gasteiger partial charge in [-0.05, 0) is 30.7 Å². The summed E-state index contributed by atoms with van der Waals surface area (Å²) in [4.78, 5) is 13.6. The van der Waals surface area contributed by atoms with Crippen LogP contribution >= 0.6 is 0 Å². The van der Waals surface area contributed by atoms with E-state index in [1.54, 1.807) is 6.92 Å². The lowest BCUT2D eigenvalue weighted by Crippen LogP contribution is -2.05. The van der Waals surface area contributed by atoms with E-state index >= 15 is 0 Å². The molecule has 1 heterocycles. The monoisotopic (exact) mass is 257 g/mol. The summed E-state index contributed by atoms with van der Waals surface area (Å²) in [6, 6.07) is 3.27. The Morgan fingerprint density at radius 3 is 2.61 bits per heavy atom. The maximum absolute atomic E-state index is 12.6. The summed E-state index contributed by atoms with van der Waals surface area (Å²) in [5.41, 5.74) is 0.702. The van der Waals surface area contributed by atoms with Crippen LogP contribution in [0.4, 0.5) is 13.2 Å². The Labute approximate surface area is 100 Å². The Morgan fingerprint density at radius 1 is 1.39 bits per heavy atom. The zero-order valence-corrected chi connectivity index (χ0v) is 9.43. The molecule has 0 unspecified atom stereocenters. The zero-order chi connectivity index (χ0) is 13.5. The minimum absolute atomic E-state index is 0.298. The van der Waals surface area contributed by atoms with Gasteiger partial charge in [0.1, 0.15) is 0 Å². The van der Waals surface area contributed by atoms with E-state index in [4.69, 9.17) is 5.11 Å². The number of carbonyl (C=O) groups is 1. The predicted molar refractivity (Wildman–Crippen MR) is 59.4 cm³/mol. The topological polar surface area (TPSA) is 53.1 Å². The number of carboxylic acid groups (broad SMARTS) is 1. The van der Waals surface area contributed by atoms with Crippen molar-refractivity contribution in [2.45, 2.75) is 19.5 Å². The number of benzene rings is 1. The molecule has 0 spiro atoms. The van der Waals surface area contributed by atoms with Gasteiger partial charge in [-0.1, -0.05) is 0 Å². The fourth-order valence-corrected chi connectivity index (χ4v) is 1.94. The molecule has 96 valence electrons. The molecule has 3 nitrogen and oxygen atoms in total. The van der Waals surface area contributed by atoms with Crippen molar-refractivity contribution in [3.05, 3.63) is 35.0 Å². The summed E-state index contributed by atoms with van der Waals surface area (Å²) in [7, 11) is 0. The molecule has 0 saturated heterocycles. The van der Waals surface area contributed by atoms with Crippen molar-refractivity contribution in [1.29, 1.82) is 0 Å². The average Bonchev–Trinajstić information content (AvgIpc) is 2.53. The zero-order valence-electron chi connectivity index (χ0n) is 9.43. The molecule has 2 N–H and O–H groups in total. The van der Waals surface area contributed by atoms with Crippen molar-refractivity contribution >= 4 is 16.9 Å². The van der Waals surface area contributed by atoms with Gasteiger partial charge in [0.05, 0.1) is 12.0 Å². The summed E-state index contributed by atoms with van der Waals surface area (Å²) >= 11 is 0. The van der Waals surface area contributed by atoms with Crippen LogP contribution in [0.2, 0.25) is 0 Å². The van der Waals surface area contributed by atoms with Gasteiger partial charge in [0.25, 0.3) is 0 Å². The molecule has 0 bridgehead atoms. The molecule has 18 heavy (non-hydrogen) atoms. The van der Waals surface area contributed by atoms with Crippen LogP contribution in [0.15, 0.2) is 18.2 Å². The van der Waals surface area contributed by atoms with Gasteiger partial charge in [0.15, 0.2) is 0 Å². The Hall–Kier alpha value is -1.98. The van der Waals surface area contributed by atoms with Gasteiger partial charge in [-0.3, -0.25) is 4.79 Å². The number of hydrogen-bond acceptors (Lipinski definition) is 1. The first-order chi connectivity index (χ1) is 8.29. The van der Waals surface area contributed by atoms with E-state index in [0.29, 0.717) is 22.2 Å². The number of aryl methyl sites for hydroxylation is 1. The van der Waals surface area contributed by atoms with Crippen LogP contribution < -0.4 is 0 Å². The van der Waals surface area contributed by atoms with Crippen molar-refractivity contribution in [1.82, 2.24) is 4.98 Å². The minimum Gasteiger partial charge on any atom is -0.481 e. The first kappa shape index (κ1) is 12.5. The summed E-state index contributed by atoms with van der Waals surface area (Å²) in [6.07, 6.45) is -4.73. The molecule has 1 aromatic carbocycles. The highest BCUT2D eigenvalue weighted by molar-refractivity contribution is 5.88. The molecule has 0 aliphatic heterocycles. The highest BCUT2D eigenvalue weighted by Crippen LogP contribution is 2.33. The standard InChI is InChI=1S/C12H10F3NO2/c1-6-8(5-11(17)18)9-4-7(12(13,14)15)2-3-10(9)16-6/h2-4,16H,5H2,1H3,(H,17,18). The fourth-order valence-electron chi connectivity index (χ4n) is 1.94. The number of halogens is 3. The van der Waals surface area contributed by atoms with Crippen molar-refractivity contribution in [3.63, 3.8) is 0 Å². The van der Waals surface area contributed by atoms with Gasteiger partial charge in [-0.15, -0.1) is 0 Å². The van der Waals surface area contributed by atoms with E-state index in [0.717, 1.165) is 12.1 Å². The summed E-state index contributed by atoms with van der Waals surface area (Å²) in [5.74, 6) is -1.07. The van der Waals surface area contributed by atoms with Gasteiger partial charge in [-0.2, -0.15) is 13.2 Å². The summed E-state index contributed by atoms with van der Waals surface area (Å²) in [6.45, 7) is 1.64. The fraction of sp³-hybridized carbons (Fsp3) is 0.250. The Bertz CT molecular complexity index is 614. The lowest BCUT2D eigenvalue weighted by molar-refractivity contribution is -0.137. The largest absolute Gasteiger partial charge is 0.481 e. The van der Waals surface area contributed by atoms with Gasteiger partial charge >= 0.3 is 12.1 Å². The maximum Gasteiger partial charge on any atom is 0.416 e. The molecule has 0 aliphatic carbocycles. The molecule has 0 aliphatic rings. The number of nitrogens with one attached hydrogen (secondary N) is 1. The molecule has 0 amide bonds. The van der Waals surface area contributed by atoms with E-state index < -0.39 is 17.7 Å². The normalized spacial score (nSPS) is 12.0. The number of hydrogen-bond donors (Lipinski definition) is 2.